The Kier molecular flexibility index (Phi) is 3.97. The molecule has 1 aliphatic heterocycles. The van der Waals surface area contributed by atoms with Gasteiger partial charge in [-0.1, -0.05) is 43.4 Å². The Bertz CT molecular complexity index is 509. The van der Waals surface area contributed by atoms with Gasteiger partial charge >= 0.3 is 0 Å². The van der Waals surface area contributed by atoms with Crippen molar-refractivity contribution in [3.05, 3.63) is 22.8 Å². The first-order chi connectivity index (χ1) is 9.66. The second kappa shape index (κ2) is 5.72. The van der Waals surface area contributed by atoms with Gasteiger partial charge < -0.3 is 4.90 Å². The number of rotatable bonds is 1. The topological polar surface area (TPSA) is 33.2 Å². The standard InChI is InChI=1S/C16H21ClN2O/c1-11-14(20)10-12-8-9-15(17)18-16(12)19(11)13-6-4-2-3-5-7-13/h8-9,11,13H,2-7,10H2,1H3/t11-/m1/s1. The van der Waals surface area contributed by atoms with Crippen molar-refractivity contribution in [1.29, 1.82) is 0 Å². The van der Waals surface area contributed by atoms with E-state index in [1.165, 1.54) is 25.7 Å². The van der Waals surface area contributed by atoms with Gasteiger partial charge in [-0.3, -0.25) is 4.79 Å². The summed E-state index contributed by atoms with van der Waals surface area (Å²) in [4.78, 5) is 19.1. The number of nitrogens with zero attached hydrogens (tertiary/aromatic N) is 2. The minimum absolute atomic E-state index is 0.0726. The number of anilines is 1. The van der Waals surface area contributed by atoms with E-state index in [1.54, 1.807) is 6.07 Å². The number of halogens is 1. The number of ketones is 1. The molecule has 0 radical (unpaired) electrons. The van der Waals surface area contributed by atoms with E-state index in [9.17, 15) is 4.79 Å². The highest BCUT2D eigenvalue weighted by atomic mass is 35.5. The molecule has 4 heteroatoms. The third kappa shape index (κ3) is 2.56. The van der Waals surface area contributed by atoms with Crippen LogP contribution >= 0.6 is 11.6 Å². The van der Waals surface area contributed by atoms with Crippen LogP contribution in [-0.4, -0.2) is 22.9 Å². The third-order valence-electron chi connectivity index (χ3n) is 4.63. The highest BCUT2D eigenvalue weighted by Gasteiger charge is 2.35. The molecular formula is C16H21ClN2O. The molecule has 1 saturated carbocycles. The van der Waals surface area contributed by atoms with Crippen molar-refractivity contribution in [3.63, 3.8) is 0 Å². The van der Waals surface area contributed by atoms with Crippen LogP contribution in [0.4, 0.5) is 5.82 Å². The van der Waals surface area contributed by atoms with Crippen LogP contribution in [0.1, 0.15) is 51.0 Å². The molecule has 3 nitrogen and oxygen atoms in total. The van der Waals surface area contributed by atoms with E-state index >= 15 is 0 Å². The van der Waals surface area contributed by atoms with Crippen molar-refractivity contribution in [2.75, 3.05) is 4.90 Å². The van der Waals surface area contributed by atoms with Crippen molar-refractivity contribution in [2.24, 2.45) is 0 Å². The smallest absolute Gasteiger partial charge is 0.159 e. The number of Topliss-reactive ketones (excluding diaryl/α,β-unsaturated/α-hetero) is 1. The molecule has 1 aromatic heterocycles. The summed E-state index contributed by atoms with van der Waals surface area (Å²) in [5.41, 5.74) is 1.03. The highest BCUT2D eigenvalue weighted by Crippen LogP contribution is 2.34. The van der Waals surface area contributed by atoms with Crippen molar-refractivity contribution in [3.8, 4) is 0 Å². The summed E-state index contributed by atoms with van der Waals surface area (Å²) in [6, 6.07) is 4.10. The molecule has 1 aromatic rings. The lowest BCUT2D eigenvalue weighted by Crippen LogP contribution is -2.50. The summed E-state index contributed by atoms with van der Waals surface area (Å²) >= 11 is 6.07. The molecule has 0 spiro atoms. The van der Waals surface area contributed by atoms with Crippen molar-refractivity contribution in [2.45, 2.75) is 64.0 Å². The lowest BCUT2D eigenvalue weighted by molar-refractivity contribution is -0.119. The Morgan fingerprint density at radius 1 is 1.20 bits per heavy atom. The van der Waals surface area contributed by atoms with Gasteiger partial charge in [0, 0.05) is 18.0 Å². The maximum Gasteiger partial charge on any atom is 0.159 e. The van der Waals surface area contributed by atoms with Gasteiger partial charge in [-0.05, 0) is 25.8 Å². The Hall–Kier alpha value is -1.09. The van der Waals surface area contributed by atoms with E-state index < -0.39 is 0 Å². The van der Waals surface area contributed by atoms with E-state index in [0.29, 0.717) is 23.4 Å². The average Bonchev–Trinajstić information content (AvgIpc) is 2.70. The minimum atomic E-state index is -0.0726. The SMILES string of the molecule is C[C@@H]1C(=O)Cc2ccc(Cl)nc2N1C1CCCCCC1. The molecule has 108 valence electrons. The van der Waals surface area contributed by atoms with Gasteiger partial charge in [0.05, 0.1) is 6.04 Å². The average molecular weight is 293 g/mol. The van der Waals surface area contributed by atoms with Gasteiger partial charge in [0.2, 0.25) is 0 Å². The predicted molar refractivity (Wildman–Crippen MR) is 81.4 cm³/mol. The zero-order valence-corrected chi connectivity index (χ0v) is 12.7. The summed E-state index contributed by atoms with van der Waals surface area (Å²) < 4.78 is 0. The Balaban J connectivity index is 1.99. The molecule has 0 N–H and O–H groups in total. The fourth-order valence-corrected chi connectivity index (χ4v) is 3.66. The lowest BCUT2D eigenvalue weighted by atomic mass is 9.94. The Morgan fingerprint density at radius 2 is 1.90 bits per heavy atom. The molecule has 2 aliphatic rings. The first kappa shape index (κ1) is 13.9. The van der Waals surface area contributed by atoms with E-state index in [-0.39, 0.29) is 6.04 Å². The summed E-state index contributed by atoms with van der Waals surface area (Å²) in [7, 11) is 0. The van der Waals surface area contributed by atoms with Crippen LogP contribution in [-0.2, 0) is 11.2 Å². The summed E-state index contributed by atoms with van der Waals surface area (Å²) in [6.45, 7) is 2.01. The Labute approximate surface area is 125 Å². The van der Waals surface area contributed by atoms with Crippen LogP contribution in [0, 0.1) is 0 Å². The molecule has 0 bridgehead atoms. The molecule has 0 unspecified atom stereocenters. The quantitative estimate of drug-likeness (QED) is 0.583. The molecule has 1 fully saturated rings. The highest BCUT2D eigenvalue weighted by molar-refractivity contribution is 6.29. The zero-order chi connectivity index (χ0) is 14.1. The van der Waals surface area contributed by atoms with Crippen LogP contribution in [0.3, 0.4) is 0 Å². The number of aromatic nitrogens is 1. The molecule has 1 atom stereocenters. The number of pyridine rings is 1. The molecule has 0 saturated heterocycles. The minimum Gasteiger partial charge on any atom is -0.344 e. The molecule has 2 heterocycles. The van der Waals surface area contributed by atoms with E-state index in [4.69, 9.17) is 11.6 Å². The molecular weight excluding hydrogens is 272 g/mol. The van der Waals surface area contributed by atoms with Crippen LogP contribution in [0.25, 0.3) is 0 Å². The first-order valence-electron chi connectivity index (χ1n) is 7.63. The van der Waals surface area contributed by atoms with Gasteiger partial charge in [0.25, 0.3) is 0 Å². The second-order valence-electron chi connectivity index (χ2n) is 5.99. The summed E-state index contributed by atoms with van der Waals surface area (Å²) in [6.07, 6.45) is 7.92. The number of hydrogen-bond donors (Lipinski definition) is 0. The van der Waals surface area contributed by atoms with Crippen LogP contribution in [0.15, 0.2) is 12.1 Å². The van der Waals surface area contributed by atoms with E-state index in [0.717, 1.165) is 24.2 Å². The third-order valence-corrected chi connectivity index (χ3v) is 4.84. The summed E-state index contributed by atoms with van der Waals surface area (Å²) in [5, 5.41) is 0.518. The zero-order valence-electron chi connectivity index (χ0n) is 11.9. The molecule has 1 aliphatic carbocycles. The maximum atomic E-state index is 12.3. The fraction of sp³-hybridized carbons (Fsp3) is 0.625. The number of fused-ring (bicyclic) bond motifs is 1. The van der Waals surface area contributed by atoms with Gasteiger partial charge in [0.15, 0.2) is 5.78 Å². The summed E-state index contributed by atoms with van der Waals surface area (Å²) in [5.74, 6) is 1.24. The van der Waals surface area contributed by atoms with Gasteiger partial charge in [0.1, 0.15) is 11.0 Å². The van der Waals surface area contributed by atoms with Crippen LogP contribution in [0.2, 0.25) is 5.15 Å². The first-order valence-corrected chi connectivity index (χ1v) is 8.01. The maximum absolute atomic E-state index is 12.3. The van der Waals surface area contributed by atoms with Crippen molar-refractivity contribution < 1.29 is 4.79 Å². The number of hydrogen-bond acceptors (Lipinski definition) is 3. The fourth-order valence-electron chi connectivity index (χ4n) is 3.51. The second-order valence-corrected chi connectivity index (χ2v) is 6.38. The van der Waals surface area contributed by atoms with Gasteiger partial charge in [-0.25, -0.2) is 4.98 Å². The van der Waals surface area contributed by atoms with Crippen molar-refractivity contribution in [1.82, 2.24) is 4.98 Å². The normalized spacial score (nSPS) is 24.4. The van der Waals surface area contributed by atoms with Crippen LogP contribution < -0.4 is 4.90 Å². The number of carbonyl (C=O) groups excluding carboxylic acids is 1. The molecule has 0 amide bonds. The van der Waals surface area contributed by atoms with E-state index in [1.807, 2.05) is 13.0 Å². The molecule has 20 heavy (non-hydrogen) atoms. The number of carbonyl (C=O) groups is 1. The molecule has 0 aromatic carbocycles. The molecule has 3 rings (SSSR count). The van der Waals surface area contributed by atoms with Crippen molar-refractivity contribution >= 4 is 23.2 Å². The largest absolute Gasteiger partial charge is 0.344 e. The van der Waals surface area contributed by atoms with Crippen LogP contribution in [0.5, 0.6) is 0 Å². The van der Waals surface area contributed by atoms with E-state index in [2.05, 4.69) is 9.88 Å². The van der Waals surface area contributed by atoms with Gasteiger partial charge in [-0.2, -0.15) is 0 Å². The van der Waals surface area contributed by atoms with Gasteiger partial charge in [-0.15, -0.1) is 0 Å². The lowest BCUT2D eigenvalue weighted by Gasteiger charge is -2.40. The Morgan fingerprint density at radius 3 is 2.60 bits per heavy atom. The monoisotopic (exact) mass is 292 g/mol. The predicted octanol–water partition coefficient (Wildman–Crippen LogP) is 3.78.